The molecule has 1 amide bonds. The number of amides is 1. The zero-order valence-electron chi connectivity index (χ0n) is 12.9. The van der Waals surface area contributed by atoms with Crippen molar-refractivity contribution in [1.29, 1.82) is 5.26 Å². The van der Waals surface area contributed by atoms with Crippen LogP contribution in [0.2, 0.25) is 0 Å². The van der Waals surface area contributed by atoms with Crippen molar-refractivity contribution in [3.8, 4) is 17.6 Å². The van der Waals surface area contributed by atoms with E-state index in [0.29, 0.717) is 17.2 Å². The molecule has 0 atom stereocenters. The van der Waals surface area contributed by atoms with Crippen LogP contribution in [0.25, 0.3) is 6.08 Å². The summed E-state index contributed by atoms with van der Waals surface area (Å²) in [6.45, 7) is 0.169. The Kier molecular flexibility index (Phi) is 4.73. The van der Waals surface area contributed by atoms with Crippen molar-refractivity contribution in [2.24, 2.45) is 0 Å². The number of hydrogen-bond donors (Lipinski definition) is 1. The number of nitriles is 1. The highest BCUT2D eigenvalue weighted by Crippen LogP contribution is 2.34. The predicted octanol–water partition coefficient (Wildman–Crippen LogP) is 3.68. The second-order valence-electron chi connectivity index (χ2n) is 4.97. The van der Waals surface area contributed by atoms with Crippen LogP contribution in [0.1, 0.15) is 5.56 Å². The maximum atomic E-state index is 12.3. The molecule has 2 aromatic carbocycles. The first-order chi connectivity index (χ1) is 11.7. The van der Waals surface area contributed by atoms with Crippen molar-refractivity contribution in [2.45, 2.75) is 4.90 Å². The Morgan fingerprint density at radius 1 is 1.21 bits per heavy atom. The standard InChI is InChI=1S/C18H14N2O3S/c1-24-15-5-2-12(3-6-15)8-13(10-19)18(21)20-14-4-7-16-17(9-14)23-11-22-16/h2-9H,11H2,1H3,(H,20,21). The summed E-state index contributed by atoms with van der Waals surface area (Å²) in [6, 6.07) is 14.7. The first kappa shape index (κ1) is 16.0. The number of carbonyl (C=O) groups is 1. The third-order valence-corrected chi connectivity index (χ3v) is 4.17. The molecular formula is C18H14N2O3S. The molecule has 0 bridgehead atoms. The Morgan fingerprint density at radius 2 is 1.96 bits per heavy atom. The van der Waals surface area contributed by atoms with Gasteiger partial charge in [-0.25, -0.2) is 0 Å². The number of fused-ring (bicyclic) bond motifs is 1. The Hall–Kier alpha value is -2.91. The summed E-state index contributed by atoms with van der Waals surface area (Å²) in [5, 5.41) is 12.0. The van der Waals surface area contributed by atoms with Crippen LogP contribution < -0.4 is 14.8 Å². The van der Waals surface area contributed by atoms with Gasteiger partial charge in [-0.3, -0.25) is 4.79 Å². The van der Waals surface area contributed by atoms with E-state index in [1.54, 1.807) is 36.0 Å². The van der Waals surface area contributed by atoms with E-state index in [-0.39, 0.29) is 12.4 Å². The highest BCUT2D eigenvalue weighted by atomic mass is 32.2. The fraction of sp³-hybridized carbons (Fsp3) is 0.111. The molecule has 0 spiro atoms. The molecule has 0 saturated carbocycles. The molecular weight excluding hydrogens is 324 g/mol. The van der Waals surface area contributed by atoms with Gasteiger partial charge in [0.25, 0.3) is 5.91 Å². The van der Waals surface area contributed by atoms with Gasteiger partial charge in [-0.2, -0.15) is 5.26 Å². The number of benzene rings is 2. The smallest absolute Gasteiger partial charge is 0.266 e. The third kappa shape index (κ3) is 3.53. The predicted molar refractivity (Wildman–Crippen MR) is 93.0 cm³/mol. The van der Waals surface area contributed by atoms with Crippen molar-refractivity contribution < 1.29 is 14.3 Å². The fourth-order valence-electron chi connectivity index (χ4n) is 2.19. The van der Waals surface area contributed by atoms with Crippen molar-refractivity contribution in [3.05, 3.63) is 53.6 Å². The van der Waals surface area contributed by atoms with E-state index in [0.717, 1.165) is 10.5 Å². The van der Waals surface area contributed by atoms with Crippen LogP contribution in [0.15, 0.2) is 52.9 Å². The van der Waals surface area contributed by atoms with Gasteiger partial charge in [0.15, 0.2) is 11.5 Å². The van der Waals surface area contributed by atoms with Gasteiger partial charge in [-0.05, 0) is 42.2 Å². The average Bonchev–Trinajstić information content (AvgIpc) is 3.07. The lowest BCUT2D eigenvalue weighted by molar-refractivity contribution is -0.112. The van der Waals surface area contributed by atoms with Gasteiger partial charge in [-0.15, -0.1) is 11.8 Å². The molecule has 2 aromatic rings. The summed E-state index contributed by atoms with van der Waals surface area (Å²) in [5.41, 5.74) is 1.37. The number of rotatable bonds is 4. The van der Waals surface area contributed by atoms with Crippen molar-refractivity contribution in [2.75, 3.05) is 18.4 Å². The Morgan fingerprint density at radius 3 is 2.67 bits per heavy atom. The molecule has 0 saturated heterocycles. The molecule has 0 fully saturated rings. The summed E-state index contributed by atoms with van der Waals surface area (Å²) >= 11 is 1.63. The third-order valence-electron chi connectivity index (χ3n) is 3.42. The molecule has 1 heterocycles. The van der Waals surface area contributed by atoms with Gasteiger partial charge >= 0.3 is 0 Å². The number of nitrogens with zero attached hydrogens (tertiary/aromatic N) is 1. The number of nitrogens with one attached hydrogen (secondary N) is 1. The first-order valence-corrected chi connectivity index (χ1v) is 8.39. The van der Waals surface area contributed by atoms with Gasteiger partial charge in [0.05, 0.1) is 0 Å². The lowest BCUT2D eigenvalue weighted by Crippen LogP contribution is -2.13. The molecule has 1 aliphatic rings. The lowest BCUT2D eigenvalue weighted by atomic mass is 10.1. The van der Waals surface area contributed by atoms with E-state index in [4.69, 9.17) is 9.47 Å². The molecule has 0 unspecified atom stereocenters. The van der Waals surface area contributed by atoms with Gasteiger partial charge < -0.3 is 14.8 Å². The minimum Gasteiger partial charge on any atom is -0.454 e. The van der Waals surface area contributed by atoms with Crippen molar-refractivity contribution >= 4 is 29.4 Å². The second kappa shape index (κ2) is 7.11. The molecule has 5 nitrogen and oxygen atoms in total. The van der Waals surface area contributed by atoms with Crippen LogP contribution in [0, 0.1) is 11.3 Å². The van der Waals surface area contributed by atoms with Crippen LogP contribution >= 0.6 is 11.8 Å². The topological polar surface area (TPSA) is 71.4 Å². The van der Waals surface area contributed by atoms with E-state index in [1.807, 2.05) is 36.6 Å². The summed E-state index contributed by atoms with van der Waals surface area (Å²) < 4.78 is 10.5. The number of thioether (sulfide) groups is 1. The van der Waals surface area contributed by atoms with E-state index >= 15 is 0 Å². The number of anilines is 1. The average molecular weight is 338 g/mol. The zero-order chi connectivity index (χ0) is 16.9. The van der Waals surface area contributed by atoms with E-state index in [2.05, 4.69) is 5.32 Å². The molecule has 3 rings (SSSR count). The minimum absolute atomic E-state index is 0.0320. The Balaban J connectivity index is 1.76. The zero-order valence-corrected chi connectivity index (χ0v) is 13.7. The molecule has 120 valence electrons. The van der Waals surface area contributed by atoms with Crippen LogP contribution in [-0.4, -0.2) is 19.0 Å². The maximum absolute atomic E-state index is 12.3. The molecule has 24 heavy (non-hydrogen) atoms. The second-order valence-corrected chi connectivity index (χ2v) is 5.84. The van der Waals surface area contributed by atoms with E-state index < -0.39 is 5.91 Å². The van der Waals surface area contributed by atoms with Gasteiger partial charge in [0, 0.05) is 16.6 Å². The molecule has 0 radical (unpaired) electrons. The van der Waals surface area contributed by atoms with Crippen molar-refractivity contribution in [3.63, 3.8) is 0 Å². The SMILES string of the molecule is CSc1ccc(C=C(C#N)C(=O)Nc2ccc3c(c2)OCO3)cc1. The monoisotopic (exact) mass is 338 g/mol. The van der Waals surface area contributed by atoms with Gasteiger partial charge in [0.1, 0.15) is 11.6 Å². The number of carbonyl (C=O) groups excluding carboxylic acids is 1. The first-order valence-electron chi connectivity index (χ1n) is 7.16. The van der Waals surface area contributed by atoms with Crippen LogP contribution in [0.5, 0.6) is 11.5 Å². The van der Waals surface area contributed by atoms with Crippen LogP contribution in [0.4, 0.5) is 5.69 Å². The Labute approximate surface area is 143 Å². The maximum Gasteiger partial charge on any atom is 0.266 e. The minimum atomic E-state index is -0.467. The Bertz CT molecular complexity index is 838. The van der Waals surface area contributed by atoms with Crippen molar-refractivity contribution in [1.82, 2.24) is 0 Å². The molecule has 1 aliphatic heterocycles. The molecule has 1 N–H and O–H groups in total. The van der Waals surface area contributed by atoms with E-state index in [9.17, 15) is 10.1 Å². The van der Waals surface area contributed by atoms with Gasteiger partial charge in [-0.1, -0.05) is 12.1 Å². The highest BCUT2D eigenvalue weighted by molar-refractivity contribution is 7.98. The molecule has 6 heteroatoms. The number of hydrogen-bond acceptors (Lipinski definition) is 5. The molecule has 0 aromatic heterocycles. The summed E-state index contributed by atoms with van der Waals surface area (Å²) in [4.78, 5) is 13.4. The normalized spacial score (nSPS) is 12.6. The quantitative estimate of drug-likeness (QED) is 0.523. The summed E-state index contributed by atoms with van der Waals surface area (Å²) in [6.07, 6.45) is 3.55. The highest BCUT2D eigenvalue weighted by Gasteiger charge is 2.15. The fourth-order valence-corrected chi connectivity index (χ4v) is 2.60. The van der Waals surface area contributed by atoms with Crippen LogP contribution in [-0.2, 0) is 4.79 Å². The van der Waals surface area contributed by atoms with Gasteiger partial charge in [0.2, 0.25) is 6.79 Å². The van der Waals surface area contributed by atoms with Crippen LogP contribution in [0.3, 0.4) is 0 Å². The largest absolute Gasteiger partial charge is 0.454 e. The summed E-state index contributed by atoms with van der Waals surface area (Å²) in [5.74, 6) is 0.742. The summed E-state index contributed by atoms with van der Waals surface area (Å²) in [7, 11) is 0. The number of ether oxygens (including phenoxy) is 2. The molecule has 0 aliphatic carbocycles. The van der Waals surface area contributed by atoms with E-state index in [1.165, 1.54) is 0 Å². The lowest BCUT2D eigenvalue weighted by Gasteiger charge is -2.05.